The van der Waals surface area contributed by atoms with Gasteiger partial charge in [0.1, 0.15) is 5.75 Å². The lowest BCUT2D eigenvalue weighted by atomic mass is 10.0. The van der Waals surface area contributed by atoms with Crippen LogP contribution in [0.3, 0.4) is 0 Å². The number of nitrogens with two attached hydrogens (primary N) is 2. The molecule has 0 spiro atoms. The van der Waals surface area contributed by atoms with Gasteiger partial charge < -0.3 is 10.5 Å². The summed E-state index contributed by atoms with van der Waals surface area (Å²) < 4.78 is 6.06. The molecule has 0 saturated heterocycles. The van der Waals surface area contributed by atoms with E-state index in [0.717, 1.165) is 16.2 Å². The molecule has 0 bridgehead atoms. The normalized spacial score (nSPS) is 12.5. The number of amidine groups is 1. The Morgan fingerprint density at radius 3 is 2.31 bits per heavy atom. The summed E-state index contributed by atoms with van der Waals surface area (Å²) in [6.45, 7) is 2.26. The number of carbonyl (C=O) groups is 2. The maximum atomic E-state index is 13.1. The van der Waals surface area contributed by atoms with Gasteiger partial charge >= 0.3 is 11.8 Å². The van der Waals surface area contributed by atoms with Crippen LogP contribution < -0.4 is 15.9 Å². The van der Waals surface area contributed by atoms with Crippen molar-refractivity contribution < 1.29 is 19.7 Å². The van der Waals surface area contributed by atoms with Crippen LogP contribution in [0.2, 0.25) is 0 Å². The number of ether oxygens (including phenoxy) is 1. The average Bonchev–Trinajstić information content (AvgIpc) is 3.15. The number of hydrogen-bond donors (Lipinski definition) is 2. The fourth-order valence-electron chi connectivity index (χ4n) is 4.22. The Morgan fingerprint density at radius 1 is 0.944 bits per heavy atom. The lowest BCUT2D eigenvalue weighted by Gasteiger charge is -2.16. The van der Waals surface area contributed by atoms with E-state index in [0.29, 0.717) is 46.7 Å². The smallest absolute Gasteiger partial charge is 0.349 e. The molecule has 178 valence electrons. The maximum absolute atomic E-state index is 13.1. The Morgan fingerprint density at radius 2 is 1.64 bits per heavy atom. The van der Waals surface area contributed by atoms with Gasteiger partial charge in [0.25, 0.3) is 5.84 Å². The molecule has 0 unspecified atom stereocenters. The Bertz CT molecular complexity index is 1470. The fraction of sp³-hybridized carbons (Fsp3) is 0.107. The average molecular weight is 479 g/mol. The number of fused-ring (bicyclic) bond motifs is 1. The van der Waals surface area contributed by atoms with Crippen LogP contribution in [0.25, 0.3) is 11.3 Å². The zero-order valence-corrected chi connectivity index (χ0v) is 19.6. The molecule has 0 fully saturated rings. The predicted octanol–water partition coefficient (Wildman–Crippen LogP) is 2.46. The molecule has 2 amide bonds. The standard InChI is InChI=1S/C28H23N5O3/c1-17-7-6-13-32-25(17)18-15-22(24(29)23(16-18)36-14-11-19-8-4-5-12-31-19)26(30)33-27(34)20-9-2-3-10-21(20)28(33)35/h2-10,12-13,15-16,30H,11,14,29H2,1H3/p+1. The van der Waals surface area contributed by atoms with Gasteiger partial charge in [-0.3, -0.25) is 15.4 Å². The molecule has 2 aromatic heterocycles. The van der Waals surface area contributed by atoms with Crippen molar-refractivity contribution in [3.05, 3.63) is 107 Å². The van der Waals surface area contributed by atoms with Crippen LogP contribution in [0, 0.1) is 6.92 Å². The maximum Gasteiger partial charge on any atom is 0.349 e. The van der Waals surface area contributed by atoms with Gasteiger partial charge in [-0.25, -0.2) is 9.59 Å². The number of amides is 2. The van der Waals surface area contributed by atoms with Crippen molar-refractivity contribution in [2.75, 3.05) is 12.3 Å². The molecule has 4 N–H and O–H groups in total. The Balaban J connectivity index is 1.53. The van der Waals surface area contributed by atoms with E-state index < -0.39 is 11.8 Å². The first-order valence-corrected chi connectivity index (χ1v) is 11.4. The molecule has 3 heterocycles. The van der Waals surface area contributed by atoms with E-state index in [-0.39, 0.29) is 11.5 Å². The molecule has 0 aliphatic carbocycles. The number of nitrogens with zero attached hydrogens (tertiary/aromatic N) is 3. The number of benzene rings is 2. The molecule has 0 atom stereocenters. The van der Waals surface area contributed by atoms with Crippen LogP contribution >= 0.6 is 0 Å². The van der Waals surface area contributed by atoms with Gasteiger partial charge in [-0.15, -0.1) is 4.90 Å². The van der Waals surface area contributed by atoms with Gasteiger partial charge in [0.15, 0.2) is 0 Å². The minimum atomic E-state index is -0.496. The summed E-state index contributed by atoms with van der Waals surface area (Å²) in [4.78, 5) is 35.9. The minimum absolute atomic E-state index is 0.0660. The minimum Gasteiger partial charge on any atom is -0.491 e. The van der Waals surface area contributed by atoms with Crippen molar-refractivity contribution in [1.29, 1.82) is 0 Å². The monoisotopic (exact) mass is 478 g/mol. The predicted molar refractivity (Wildman–Crippen MR) is 135 cm³/mol. The molecule has 5 rings (SSSR count). The number of aryl methyl sites for hydroxylation is 1. The molecule has 1 aliphatic rings. The van der Waals surface area contributed by atoms with Gasteiger partial charge in [0.2, 0.25) is 0 Å². The number of hydrogen-bond acceptors (Lipinski definition) is 6. The molecule has 8 heteroatoms. The third-order valence-electron chi connectivity index (χ3n) is 6.08. The van der Waals surface area contributed by atoms with Crippen molar-refractivity contribution in [2.45, 2.75) is 13.3 Å². The lowest BCUT2D eigenvalue weighted by Crippen LogP contribution is -2.54. The first kappa shape index (κ1) is 22.9. The van der Waals surface area contributed by atoms with Crippen LogP contribution in [0.15, 0.2) is 79.1 Å². The van der Waals surface area contributed by atoms with E-state index in [1.165, 1.54) is 0 Å². The first-order valence-electron chi connectivity index (χ1n) is 11.4. The van der Waals surface area contributed by atoms with Gasteiger partial charge in [0.05, 0.1) is 34.7 Å². The van der Waals surface area contributed by atoms with Crippen LogP contribution in [0.1, 0.15) is 37.5 Å². The second kappa shape index (κ2) is 9.42. The summed E-state index contributed by atoms with van der Waals surface area (Å²) >= 11 is 0. The lowest BCUT2D eigenvalue weighted by molar-refractivity contribution is -0.122. The second-order valence-electron chi connectivity index (χ2n) is 8.40. The fourth-order valence-corrected chi connectivity index (χ4v) is 4.22. The largest absolute Gasteiger partial charge is 0.491 e. The van der Waals surface area contributed by atoms with E-state index in [2.05, 4.69) is 9.97 Å². The SMILES string of the molecule is Cc1cccnc1-c1cc(OCCc2ccccn2)c(N)c(C(=[NH2+])N2C(=O)c3ccccc3C2=O)c1. The first-order chi connectivity index (χ1) is 17.5. The zero-order chi connectivity index (χ0) is 25.2. The van der Waals surface area contributed by atoms with Crippen molar-refractivity contribution in [2.24, 2.45) is 0 Å². The molecule has 1 aliphatic heterocycles. The highest BCUT2D eigenvalue weighted by atomic mass is 16.5. The summed E-state index contributed by atoms with van der Waals surface area (Å²) in [5.41, 5.74) is 10.9. The van der Waals surface area contributed by atoms with Crippen LogP contribution in [-0.2, 0) is 6.42 Å². The van der Waals surface area contributed by atoms with Crippen LogP contribution in [0.4, 0.5) is 5.69 Å². The Hall–Kier alpha value is -4.85. The summed E-state index contributed by atoms with van der Waals surface area (Å²) in [6.07, 6.45) is 3.99. The van der Waals surface area contributed by atoms with Crippen molar-refractivity contribution >= 4 is 23.3 Å². The molecule has 4 aromatic rings. The van der Waals surface area contributed by atoms with Crippen molar-refractivity contribution in [1.82, 2.24) is 14.9 Å². The van der Waals surface area contributed by atoms with Gasteiger partial charge in [-0.05, 0) is 55.0 Å². The molecule has 36 heavy (non-hydrogen) atoms. The summed E-state index contributed by atoms with van der Waals surface area (Å²) in [5.74, 6) is -0.680. The number of nitrogen functional groups attached to an aromatic ring is 1. The van der Waals surface area contributed by atoms with Crippen LogP contribution in [0.5, 0.6) is 5.75 Å². The van der Waals surface area contributed by atoms with E-state index in [1.807, 2.05) is 37.3 Å². The third-order valence-corrected chi connectivity index (χ3v) is 6.08. The van der Waals surface area contributed by atoms with Crippen molar-refractivity contribution in [3.8, 4) is 17.0 Å². The highest BCUT2D eigenvalue weighted by Gasteiger charge is 2.46. The van der Waals surface area contributed by atoms with Gasteiger partial charge in [0, 0.05) is 30.1 Å². The molecule has 0 radical (unpaired) electrons. The number of aromatic nitrogens is 2. The molecule has 2 aromatic carbocycles. The second-order valence-corrected chi connectivity index (χ2v) is 8.40. The molecular weight excluding hydrogens is 454 g/mol. The van der Waals surface area contributed by atoms with E-state index in [4.69, 9.17) is 15.9 Å². The molecule has 0 saturated carbocycles. The van der Waals surface area contributed by atoms with E-state index >= 15 is 0 Å². The van der Waals surface area contributed by atoms with Gasteiger partial charge in [-0.1, -0.05) is 24.3 Å². The van der Waals surface area contributed by atoms with Gasteiger partial charge in [-0.2, -0.15) is 0 Å². The van der Waals surface area contributed by atoms with Crippen molar-refractivity contribution in [3.63, 3.8) is 0 Å². The van der Waals surface area contributed by atoms with E-state index in [9.17, 15) is 9.59 Å². The number of rotatable bonds is 6. The quantitative estimate of drug-likeness (QED) is 0.190. The van der Waals surface area contributed by atoms with Crippen LogP contribution in [-0.4, -0.2) is 39.1 Å². The summed E-state index contributed by atoms with van der Waals surface area (Å²) in [7, 11) is 0. The number of imide groups is 1. The molecule has 8 nitrogen and oxygen atoms in total. The zero-order valence-electron chi connectivity index (χ0n) is 19.6. The Kier molecular flexibility index (Phi) is 6.00. The molecular formula is C28H24N5O3+. The topological polar surface area (TPSA) is 124 Å². The third kappa shape index (κ3) is 4.09. The number of pyridine rings is 2. The number of carbonyl (C=O) groups excluding carboxylic acids is 2. The van der Waals surface area contributed by atoms with E-state index in [1.54, 1.807) is 48.8 Å². The highest BCUT2D eigenvalue weighted by molar-refractivity contribution is 6.31. The summed E-state index contributed by atoms with van der Waals surface area (Å²) in [6, 6.07) is 19.6. The Labute approximate surface area is 207 Å². The highest BCUT2D eigenvalue weighted by Crippen LogP contribution is 2.35. The summed E-state index contributed by atoms with van der Waals surface area (Å²) in [5, 5.41) is 6.47. The number of anilines is 1.